The zero-order valence-electron chi connectivity index (χ0n) is 11.9. The maximum Gasteiger partial charge on any atom is 0.118 e. The van der Waals surface area contributed by atoms with Crippen molar-refractivity contribution in [2.45, 2.75) is 19.0 Å². The highest BCUT2D eigenvalue weighted by atomic mass is 16.5. The molecule has 1 N–H and O–H groups in total. The fourth-order valence-electron chi connectivity index (χ4n) is 2.60. The third kappa shape index (κ3) is 3.93. The highest BCUT2D eigenvalue weighted by Crippen LogP contribution is 2.16. The standard InChI is InChI=1S/C15H24N2O2/c1-16-8-9-17(12-14(16)7-10-18)11-13-3-5-15(19-2)6-4-13/h3-6,14,18H,7-12H2,1-2H3/t14-/m1/s1. The minimum absolute atomic E-state index is 0.269. The molecule has 1 aliphatic heterocycles. The van der Waals surface area contributed by atoms with E-state index >= 15 is 0 Å². The first-order chi connectivity index (χ1) is 9.22. The molecule has 1 fully saturated rings. The molecule has 0 unspecified atom stereocenters. The molecule has 106 valence electrons. The molecular formula is C15H24N2O2. The van der Waals surface area contributed by atoms with Crippen LogP contribution in [0.1, 0.15) is 12.0 Å². The lowest BCUT2D eigenvalue weighted by Crippen LogP contribution is -2.51. The van der Waals surface area contributed by atoms with Gasteiger partial charge in [-0.25, -0.2) is 0 Å². The molecule has 0 saturated carbocycles. The van der Waals surface area contributed by atoms with Crippen LogP contribution in [0, 0.1) is 0 Å². The van der Waals surface area contributed by atoms with E-state index in [1.807, 2.05) is 12.1 Å². The Hall–Kier alpha value is -1.10. The molecule has 19 heavy (non-hydrogen) atoms. The molecule has 1 aromatic rings. The molecular weight excluding hydrogens is 240 g/mol. The van der Waals surface area contributed by atoms with Crippen LogP contribution in [0.15, 0.2) is 24.3 Å². The van der Waals surface area contributed by atoms with Crippen LogP contribution in [-0.4, -0.2) is 61.3 Å². The summed E-state index contributed by atoms with van der Waals surface area (Å²) in [5, 5.41) is 9.11. The van der Waals surface area contributed by atoms with Crippen molar-refractivity contribution in [3.05, 3.63) is 29.8 Å². The Morgan fingerprint density at radius 3 is 2.63 bits per heavy atom. The summed E-state index contributed by atoms with van der Waals surface area (Å²) >= 11 is 0. The van der Waals surface area contributed by atoms with Crippen molar-refractivity contribution in [1.82, 2.24) is 9.80 Å². The van der Waals surface area contributed by atoms with Gasteiger partial charge in [0.05, 0.1) is 7.11 Å². The van der Waals surface area contributed by atoms with Crippen molar-refractivity contribution in [3.63, 3.8) is 0 Å². The smallest absolute Gasteiger partial charge is 0.118 e. The van der Waals surface area contributed by atoms with Gasteiger partial charge in [0.1, 0.15) is 5.75 Å². The van der Waals surface area contributed by atoms with Crippen molar-refractivity contribution >= 4 is 0 Å². The van der Waals surface area contributed by atoms with Gasteiger partial charge in [0, 0.05) is 38.8 Å². The largest absolute Gasteiger partial charge is 0.497 e. The van der Waals surface area contributed by atoms with E-state index in [-0.39, 0.29) is 6.61 Å². The zero-order valence-corrected chi connectivity index (χ0v) is 11.9. The van der Waals surface area contributed by atoms with Gasteiger partial charge < -0.3 is 14.7 Å². The molecule has 0 amide bonds. The first-order valence-electron chi connectivity index (χ1n) is 6.89. The molecule has 1 aromatic carbocycles. The minimum Gasteiger partial charge on any atom is -0.497 e. The van der Waals surface area contributed by atoms with E-state index in [0.29, 0.717) is 6.04 Å². The summed E-state index contributed by atoms with van der Waals surface area (Å²) in [5.41, 5.74) is 1.31. The van der Waals surface area contributed by atoms with Gasteiger partial charge in [-0.15, -0.1) is 0 Å². The average molecular weight is 264 g/mol. The molecule has 0 aliphatic carbocycles. The number of benzene rings is 1. The lowest BCUT2D eigenvalue weighted by atomic mass is 10.1. The maximum atomic E-state index is 9.11. The van der Waals surface area contributed by atoms with Crippen molar-refractivity contribution in [1.29, 1.82) is 0 Å². The highest BCUT2D eigenvalue weighted by molar-refractivity contribution is 5.27. The Morgan fingerprint density at radius 2 is 2.00 bits per heavy atom. The van der Waals surface area contributed by atoms with Crippen LogP contribution in [0.2, 0.25) is 0 Å². The van der Waals surface area contributed by atoms with Crippen LogP contribution in [0.25, 0.3) is 0 Å². The summed E-state index contributed by atoms with van der Waals surface area (Å²) in [7, 11) is 3.83. The van der Waals surface area contributed by atoms with Gasteiger partial charge in [0.2, 0.25) is 0 Å². The van der Waals surface area contributed by atoms with E-state index in [2.05, 4.69) is 29.0 Å². The van der Waals surface area contributed by atoms with Crippen LogP contribution < -0.4 is 4.74 Å². The number of hydrogen-bond donors (Lipinski definition) is 1. The topological polar surface area (TPSA) is 35.9 Å². The molecule has 4 nitrogen and oxygen atoms in total. The van der Waals surface area contributed by atoms with Gasteiger partial charge in [-0.3, -0.25) is 4.90 Å². The summed E-state index contributed by atoms with van der Waals surface area (Å²) in [6.07, 6.45) is 0.857. The van der Waals surface area contributed by atoms with Gasteiger partial charge in [-0.1, -0.05) is 12.1 Å². The summed E-state index contributed by atoms with van der Waals surface area (Å²) in [4.78, 5) is 4.81. The molecule has 0 aromatic heterocycles. The summed E-state index contributed by atoms with van der Waals surface area (Å²) < 4.78 is 5.17. The number of nitrogens with zero attached hydrogens (tertiary/aromatic N) is 2. The average Bonchev–Trinajstić information content (AvgIpc) is 2.44. The molecule has 1 saturated heterocycles. The van der Waals surface area contributed by atoms with Gasteiger partial charge in [-0.2, -0.15) is 0 Å². The van der Waals surface area contributed by atoms with Gasteiger partial charge in [-0.05, 0) is 31.2 Å². The normalized spacial score (nSPS) is 21.5. The number of methoxy groups -OCH3 is 1. The number of likely N-dealkylation sites (N-methyl/N-ethyl adjacent to an activating group) is 1. The van der Waals surface area contributed by atoms with E-state index < -0.39 is 0 Å². The van der Waals surface area contributed by atoms with Crippen molar-refractivity contribution in [2.75, 3.05) is 40.4 Å². The predicted octanol–water partition coefficient (Wildman–Crippen LogP) is 1.19. The van der Waals surface area contributed by atoms with Crippen LogP contribution in [0.5, 0.6) is 5.75 Å². The number of hydrogen-bond acceptors (Lipinski definition) is 4. The van der Waals surface area contributed by atoms with Crippen LogP contribution in [0.4, 0.5) is 0 Å². The molecule has 1 atom stereocenters. The molecule has 2 rings (SSSR count). The quantitative estimate of drug-likeness (QED) is 0.867. The fraction of sp³-hybridized carbons (Fsp3) is 0.600. The van der Waals surface area contributed by atoms with E-state index in [4.69, 9.17) is 9.84 Å². The van der Waals surface area contributed by atoms with Crippen molar-refractivity contribution < 1.29 is 9.84 Å². The van der Waals surface area contributed by atoms with Crippen molar-refractivity contribution in [2.24, 2.45) is 0 Å². The minimum atomic E-state index is 0.269. The number of aliphatic hydroxyl groups excluding tert-OH is 1. The Kier molecular flexibility index (Phi) is 5.19. The van der Waals surface area contributed by atoms with Gasteiger partial charge in [0.25, 0.3) is 0 Å². The monoisotopic (exact) mass is 264 g/mol. The Labute approximate surface area is 115 Å². The number of rotatable bonds is 5. The highest BCUT2D eigenvalue weighted by Gasteiger charge is 2.23. The zero-order chi connectivity index (χ0) is 13.7. The molecule has 1 heterocycles. The lowest BCUT2D eigenvalue weighted by molar-refractivity contribution is 0.0743. The van der Waals surface area contributed by atoms with E-state index in [0.717, 1.165) is 38.3 Å². The van der Waals surface area contributed by atoms with Gasteiger partial charge >= 0.3 is 0 Å². The maximum absolute atomic E-state index is 9.11. The molecule has 4 heteroatoms. The second-order valence-corrected chi connectivity index (χ2v) is 5.23. The van der Waals surface area contributed by atoms with E-state index in [1.54, 1.807) is 7.11 Å². The SMILES string of the molecule is COc1ccc(CN2CCN(C)[C@H](CCO)C2)cc1. The van der Waals surface area contributed by atoms with Gasteiger partial charge in [0.15, 0.2) is 0 Å². The second-order valence-electron chi connectivity index (χ2n) is 5.23. The molecule has 0 radical (unpaired) electrons. The van der Waals surface area contributed by atoms with E-state index in [1.165, 1.54) is 5.56 Å². The third-order valence-corrected chi connectivity index (χ3v) is 3.89. The summed E-state index contributed by atoms with van der Waals surface area (Å²) in [6, 6.07) is 8.74. The Balaban J connectivity index is 1.91. The molecule has 0 spiro atoms. The van der Waals surface area contributed by atoms with Crippen LogP contribution in [-0.2, 0) is 6.54 Å². The molecule has 1 aliphatic rings. The summed E-state index contributed by atoms with van der Waals surface area (Å²) in [6.45, 7) is 4.43. The first kappa shape index (κ1) is 14.3. The van der Waals surface area contributed by atoms with Crippen LogP contribution in [0.3, 0.4) is 0 Å². The van der Waals surface area contributed by atoms with Crippen LogP contribution >= 0.6 is 0 Å². The Bertz CT molecular complexity index is 380. The first-order valence-corrected chi connectivity index (χ1v) is 6.89. The summed E-state index contributed by atoms with van der Waals surface area (Å²) in [5.74, 6) is 0.903. The lowest BCUT2D eigenvalue weighted by Gasteiger charge is -2.39. The fourth-order valence-corrected chi connectivity index (χ4v) is 2.60. The molecule has 0 bridgehead atoms. The van der Waals surface area contributed by atoms with E-state index in [9.17, 15) is 0 Å². The number of ether oxygens (including phenoxy) is 1. The number of aliphatic hydroxyl groups is 1. The Morgan fingerprint density at radius 1 is 1.26 bits per heavy atom. The second kappa shape index (κ2) is 6.89. The van der Waals surface area contributed by atoms with Crippen molar-refractivity contribution in [3.8, 4) is 5.75 Å². The predicted molar refractivity (Wildman–Crippen MR) is 76.4 cm³/mol. The third-order valence-electron chi connectivity index (χ3n) is 3.89. The number of piperazine rings is 1.